The van der Waals surface area contributed by atoms with Crippen LogP contribution in [0.15, 0.2) is 28.7 Å². The lowest BCUT2D eigenvalue weighted by Gasteiger charge is -2.10. The summed E-state index contributed by atoms with van der Waals surface area (Å²) >= 11 is 3.47. The summed E-state index contributed by atoms with van der Waals surface area (Å²) in [7, 11) is 1.53. The monoisotopic (exact) mass is 337 g/mol. The molecule has 2 N–H and O–H groups in total. The van der Waals surface area contributed by atoms with E-state index in [0.717, 1.165) is 23.1 Å². The molecule has 1 aromatic heterocycles. The summed E-state index contributed by atoms with van der Waals surface area (Å²) in [6.07, 6.45) is 0.987. The Morgan fingerprint density at radius 2 is 1.90 bits per heavy atom. The average Bonchev–Trinajstić information content (AvgIpc) is 2.47. The van der Waals surface area contributed by atoms with Gasteiger partial charge in [-0.1, -0.05) is 19.1 Å². The molecule has 0 radical (unpaired) electrons. The molecule has 2 rings (SSSR count). The van der Waals surface area contributed by atoms with Gasteiger partial charge in [0.25, 0.3) is 0 Å². The Bertz CT molecular complexity index is 578. The standard InChI is InChI=1S/C13H16BrN5O/c1-3-8-15-11-17-12(19-13(18-11)20-2)16-10-7-5-4-6-9(10)14/h4-7H,3,8H2,1-2H3,(H2,15,16,17,18,19). The Morgan fingerprint density at radius 3 is 2.60 bits per heavy atom. The Kier molecular flexibility index (Phi) is 5.11. The van der Waals surface area contributed by atoms with Crippen molar-refractivity contribution in [3.8, 4) is 6.01 Å². The van der Waals surface area contributed by atoms with Crippen LogP contribution in [-0.4, -0.2) is 28.6 Å². The van der Waals surface area contributed by atoms with E-state index in [0.29, 0.717) is 11.9 Å². The number of ether oxygens (including phenoxy) is 1. The van der Waals surface area contributed by atoms with Crippen LogP contribution in [0, 0.1) is 0 Å². The van der Waals surface area contributed by atoms with E-state index in [1.807, 2.05) is 24.3 Å². The second-order valence-corrected chi connectivity index (χ2v) is 4.86. The van der Waals surface area contributed by atoms with Crippen LogP contribution in [0.3, 0.4) is 0 Å². The molecule has 20 heavy (non-hydrogen) atoms. The molecule has 0 saturated carbocycles. The van der Waals surface area contributed by atoms with Gasteiger partial charge in [0.2, 0.25) is 11.9 Å². The van der Waals surface area contributed by atoms with Crippen LogP contribution in [0.2, 0.25) is 0 Å². The third kappa shape index (κ3) is 3.80. The first-order chi connectivity index (χ1) is 9.72. The van der Waals surface area contributed by atoms with Gasteiger partial charge in [-0.25, -0.2) is 0 Å². The number of aromatic nitrogens is 3. The number of rotatable bonds is 6. The molecule has 0 bridgehead atoms. The number of hydrogen-bond acceptors (Lipinski definition) is 6. The van der Waals surface area contributed by atoms with Gasteiger partial charge in [-0.15, -0.1) is 0 Å². The Labute approximate surface area is 126 Å². The van der Waals surface area contributed by atoms with Crippen LogP contribution in [-0.2, 0) is 0 Å². The molecule has 1 heterocycles. The predicted molar refractivity (Wildman–Crippen MR) is 82.6 cm³/mol. The van der Waals surface area contributed by atoms with E-state index < -0.39 is 0 Å². The maximum Gasteiger partial charge on any atom is 0.322 e. The van der Waals surface area contributed by atoms with Crippen molar-refractivity contribution in [2.45, 2.75) is 13.3 Å². The van der Waals surface area contributed by atoms with Crippen LogP contribution >= 0.6 is 15.9 Å². The third-order valence-electron chi connectivity index (χ3n) is 2.45. The predicted octanol–water partition coefficient (Wildman–Crippen LogP) is 3.21. The molecule has 6 nitrogen and oxygen atoms in total. The minimum absolute atomic E-state index is 0.271. The van der Waals surface area contributed by atoms with Crippen LogP contribution in [0.25, 0.3) is 0 Å². The summed E-state index contributed by atoms with van der Waals surface area (Å²) < 4.78 is 6.02. The summed E-state index contributed by atoms with van der Waals surface area (Å²) in [4.78, 5) is 12.6. The molecule has 0 aliphatic carbocycles. The average molecular weight is 338 g/mol. The molecular formula is C13H16BrN5O. The molecular weight excluding hydrogens is 322 g/mol. The quantitative estimate of drug-likeness (QED) is 0.843. The lowest BCUT2D eigenvalue weighted by atomic mass is 10.3. The highest BCUT2D eigenvalue weighted by molar-refractivity contribution is 9.10. The van der Waals surface area contributed by atoms with E-state index in [9.17, 15) is 0 Å². The summed E-state index contributed by atoms with van der Waals surface area (Å²) in [5.74, 6) is 0.926. The van der Waals surface area contributed by atoms with E-state index >= 15 is 0 Å². The first kappa shape index (κ1) is 14.5. The number of para-hydroxylation sites is 1. The molecule has 0 saturated heterocycles. The molecule has 106 valence electrons. The minimum atomic E-state index is 0.271. The zero-order chi connectivity index (χ0) is 14.4. The second-order valence-electron chi connectivity index (χ2n) is 4.00. The maximum absolute atomic E-state index is 5.09. The highest BCUT2D eigenvalue weighted by Gasteiger charge is 2.08. The van der Waals surface area contributed by atoms with Gasteiger partial charge in [0, 0.05) is 11.0 Å². The van der Waals surface area contributed by atoms with Crippen LogP contribution in [0.5, 0.6) is 6.01 Å². The molecule has 0 atom stereocenters. The Morgan fingerprint density at radius 1 is 1.15 bits per heavy atom. The number of anilines is 3. The lowest BCUT2D eigenvalue weighted by molar-refractivity contribution is 0.379. The van der Waals surface area contributed by atoms with Gasteiger partial charge in [0.05, 0.1) is 12.8 Å². The van der Waals surface area contributed by atoms with Crippen molar-refractivity contribution in [2.75, 3.05) is 24.3 Å². The molecule has 0 fully saturated rings. The van der Waals surface area contributed by atoms with Gasteiger partial charge >= 0.3 is 6.01 Å². The molecule has 0 amide bonds. The fraction of sp³-hybridized carbons (Fsp3) is 0.308. The summed E-state index contributed by atoms with van der Waals surface area (Å²) in [5, 5.41) is 6.25. The SMILES string of the molecule is CCCNc1nc(Nc2ccccc2Br)nc(OC)n1. The first-order valence-electron chi connectivity index (χ1n) is 6.28. The van der Waals surface area contributed by atoms with E-state index in [4.69, 9.17) is 4.74 Å². The van der Waals surface area contributed by atoms with Crippen LogP contribution < -0.4 is 15.4 Å². The van der Waals surface area contributed by atoms with Crippen molar-refractivity contribution >= 4 is 33.5 Å². The molecule has 0 unspecified atom stereocenters. The lowest BCUT2D eigenvalue weighted by Crippen LogP contribution is -2.09. The van der Waals surface area contributed by atoms with E-state index in [-0.39, 0.29) is 6.01 Å². The van der Waals surface area contributed by atoms with E-state index in [1.54, 1.807) is 0 Å². The van der Waals surface area contributed by atoms with Crippen molar-refractivity contribution < 1.29 is 4.74 Å². The second kappa shape index (κ2) is 7.04. The maximum atomic E-state index is 5.09. The number of methoxy groups -OCH3 is 1. The van der Waals surface area contributed by atoms with Gasteiger partial charge in [-0.3, -0.25) is 0 Å². The molecule has 7 heteroatoms. The summed E-state index contributed by atoms with van der Waals surface area (Å²) in [5.41, 5.74) is 0.877. The van der Waals surface area contributed by atoms with Crippen molar-refractivity contribution in [1.82, 2.24) is 15.0 Å². The van der Waals surface area contributed by atoms with Gasteiger partial charge in [-0.2, -0.15) is 15.0 Å². The number of nitrogens with one attached hydrogen (secondary N) is 2. The van der Waals surface area contributed by atoms with Gasteiger partial charge in [0.1, 0.15) is 0 Å². The first-order valence-corrected chi connectivity index (χ1v) is 7.07. The topological polar surface area (TPSA) is 72.0 Å². The Balaban J connectivity index is 2.24. The number of benzene rings is 1. The van der Waals surface area contributed by atoms with E-state index in [1.165, 1.54) is 7.11 Å². The van der Waals surface area contributed by atoms with Gasteiger partial charge < -0.3 is 15.4 Å². The highest BCUT2D eigenvalue weighted by atomic mass is 79.9. The van der Waals surface area contributed by atoms with Crippen molar-refractivity contribution in [1.29, 1.82) is 0 Å². The zero-order valence-corrected chi connectivity index (χ0v) is 12.9. The number of nitrogens with zero attached hydrogens (tertiary/aromatic N) is 3. The summed E-state index contributed by atoms with van der Waals surface area (Å²) in [6.45, 7) is 2.87. The third-order valence-corrected chi connectivity index (χ3v) is 3.14. The zero-order valence-electron chi connectivity index (χ0n) is 11.4. The fourth-order valence-electron chi connectivity index (χ4n) is 1.50. The smallest absolute Gasteiger partial charge is 0.322 e. The van der Waals surface area contributed by atoms with Crippen molar-refractivity contribution in [3.05, 3.63) is 28.7 Å². The molecule has 0 spiro atoms. The van der Waals surface area contributed by atoms with Crippen molar-refractivity contribution in [3.63, 3.8) is 0 Å². The molecule has 1 aromatic carbocycles. The van der Waals surface area contributed by atoms with Gasteiger partial charge in [-0.05, 0) is 34.5 Å². The molecule has 0 aliphatic heterocycles. The normalized spacial score (nSPS) is 10.2. The molecule has 2 aromatic rings. The summed E-state index contributed by atoms with van der Waals surface area (Å²) in [6, 6.07) is 8.02. The van der Waals surface area contributed by atoms with Gasteiger partial charge in [0.15, 0.2) is 0 Å². The fourth-order valence-corrected chi connectivity index (χ4v) is 1.89. The van der Waals surface area contributed by atoms with Crippen molar-refractivity contribution in [2.24, 2.45) is 0 Å². The number of halogens is 1. The Hall–Kier alpha value is -1.89. The van der Waals surface area contributed by atoms with Crippen LogP contribution in [0.1, 0.15) is 13.3 Å². The highest BCUT2D eigenvalue weighted by Crippen LogP contribution is 2.24. The van der Waals surface area contributed by atoms with E-state index in [2.05, 4.69) is 48.4 Å². The number of hydrogen-bond donors (Lipinski definition) is 2. The molecule has 0 aliphatic rings. The minimum Gasteiger partial charge on any atom is -0.467 e. The van der Waals surface area contributed by atoms with Crippen LogP contribution in [0.4, 0.5) is 17.6 Å². The largest absolute Gasteiger partial charge is 0.467 e.